The van der Waals surface area contributed by atoms with Crippen LogP contribution < -0.4 is 4.90 Å². The summed E-state index contributed by atoms with van der Waals surface area (Å²) in [6.45, 7) is 5.10. The van der Waals surface area contributed by atoms with Crippen molar-refractivity contribution in [1.82, 2.24) is 19.8 Å². The molecule has 4 saturated heterocycles. The third kappa shape index (κ3) is 2.99. The van der Waals surface area contributed by atoms with Crippen molar-refractivity contribution in [1.29, 1.82) is 0 Å². The van der Waals surface area contributed by atoms with Gasteiger partial charge in [-0.1, -0.05) is 0 Å². The number of carbonyl (C=O) groups excluding carboxylic acids is 2. The van der Waals surface area contributed by atoms with E-state index in [0.29, 0.717) is 25.7 Å². The Kier molecular flexibility index (Phi) is 4.92. The average molecular weight is 414 g/mol. The fourth-order valence-electron chi connectivity index (χ4n) is 6.23. The maximum absolute atomic E-state index is 13.4. The molecule has 0 radical (unpaired) electrons. The molecule has 4 fully saturated rings. The zero-order chi connectivity index (χ0) is 20.8. The van der Waals surface area contributed by atoms with Crippen LogP contribution in [0.5, 0.6) is 0 Å². The second-order valence-corrected chi connectivity index (χ2v) is 9.46. The zero-order valence-electron chi connectivity index (χ0n) is 17.8. The number of hydrogen-bond donors (Lipinski definition) is 0. The van der Waals surface area contributed by atoms with Gasteiger partial charge in [0.1, 0.15) is 0 Å². The highest BCUT2D eigenvalue weighted by atomic mass is 16.5. The first-order valence-corrected chi connectivity index (χ1v) is 11.2. The van der Waals surface area contributed by atoms with E-state index in [0.717, 1.165) is 58.3 Å². The van der Waals surface area contributed by atoms with E-state index in [9.17, 15) is 9.59 Å². The molecule has 1 aromatic rings. The molecule has 0 aromatic carbocycles. The van der Waals surface area contributed by atoms with Crippen LogP contribution in [0.3, 0.4) is 0 Å². The van der Waals surface area contributed by atoms with E-state index < -0.39 is 5.41 Å². The number of ether oxygens (including phenoxy) is 1. The van der Waals surface area contributed by atoms with Crippen molar-refractivity contribution in [3.05, 3.63) is 18.5 Å². The number of aromatic nitrogens is 2. The molecular weight excluding hydrogens is 382 g/mol. The highest BCUT2D eigenvalue weighted by Gasteiger charge is 2.65. The van der Waals surface area contributed by atoms with Crippen LogP contribution in [0.15, 0.2) is 18.5 Å². The molecule has 8 heteroatoms. The van der Waals surface area contributed by atoms with Gasteiger partial charge < -0.3 is 19.4 Å². The molecule has 2 spiro atoms. The third-order valence-electron chi connectivity index (χ3n) is 8.04. The van der Waals surface area contributed by atoms with Crippen molar-refractivity contribution >= 4 is 17.8 Å². The van der Waals surface area contributed by atoms with Crippen LogP contribution in [0.1, 0.15) is 32.1 Å². The van der Waals surface area contributed by atoms with Gasteiger partial charge in [0.05, 0.1) is 5.41 Å². The normalized spacial score (nSPS) is 29.4. The minimum Gasteiger partial charge on any atom is -0.381 e. The van der Waals surface area contributed by atoms with E-state index in [1.807, 2.05) is 22.9 Å². The van der Waals surface area contributed by atoms with E-state index in [1.165, 1.54) is 0 Å². The number of rotatable bonds is 2. The van der Waals surface area contributed by atoms with Crippen molar-refractivity contribution in [2.75, 3.05) is 57.9 Å². The lowest BCUT2D eigenvalue weighted by atomic mass is 9.60. The van der Waals surface area contributed by atoms with E-state index in [-0.39, 0.29) is 23.1 Å². The highest BCUT2D eigenvalue weighted by molar-refractivity contribution is 5.87. The van der Waals surface area contributed by atoms with Gasteiger partial charge in [0, 0.05) is 76.7 Å². The molecule has 0 bridgehead atoms. The smallest absolute Gasteiger partial charge is 0.231 e. The van der Waals surface area contributed by atoms with Crippen molar-refractivity contribution in [3.63, 3.8) is 0 Å². The molecule has 1 atom stereocenters. The molecular formula is C22H31N5O3. The van der Waals surface area contributed by atoms with Gasteiger partial charge in [-0.2, -0.15) is 0 Å². The number of carbonyl (C=O) groups is 2. The molecule has 8 nitrogen and oxygen atoms in total. The first-order valence-electron chi connectivity index (χ1n) is 11.2. The van der Waals surface area contributed by atoms with Crippen LogP contribution in [-0.2, 0) is 14.3 Å². The van der Waals surface area contributed by atoms with Crippen LogP contribution in [0, 0.1) is 16.7 Å². The molecule has 4 aliphatic rings. The molecule has 5 heterocycles. The number of fused-ring (bicyclic) bond motifs is 1. The van der Waals surface area contributed by atoms with Gasteiger partial charge in [0.15, 0.2) is 0 Å². The number of piperidine rings is 1. The molecule has 4 aliphatic heterocycles. The lowest BCUT2D eigenvalue weighted by Gasteiger charge is -2.47. The van der Waals surface area contributed by atoms with E-state index in [4.69, 9.17) is 4.74 Å². The number of amides is 2. The van der Waals surface area contributed by atoms with Crippen LogP contribution >= 0.6 is 0 Å². The quantitative estimate of drug-likeness (QED) is 0.725. The Morgan fingerprint density at radius 2 is 1.77 bits per heavy atom. The summed E-state index contributed by atoms with van der Waals surface area (Å²) in [7, 11) is 1.91. The van der Waals surface area contributed by atoms with Crippen molar-refractivity contribution in [3.8, 4) is 0 Å². The topological polar surface area (TPSA) is 78.9 Å². The Morgan fingerprint density at radius 3 is 2.40 bits per heavy atom. The van der Waals surface area contributed by atoms with Crippen molar-refractivity contribution in [2.45, 2.75) is 32.1 Å². The summed E-state index contributed by atoms with van der Waals surface area (Å²) in [5.41, 5.74) is -0.519. The summed E-state index contributed by atoms with van der Waals surface area (Å²) in [5.74, 6) is 1.33. The maximum Gasteiger partial charge on any atom is 0.231 e. The molecule has 162 valence electrons. The molecule has 30 heavy (non-hydrogen) atoms. The summed E-state index contributed by atoms with van der Waals surface area (Å²) >= 11 is 0. The first kappa shape index (κ1) is 19.7. The fraction of sp³-hybridized carbons (Fsp3) is 0.727. The minimum atomic E-state index is -0.394. The number of nitrogens with zero attached hydrogens (tertiary/aromatic N) is 5. The van der Waals surface area contributed by atoms with Gasteiger partial charge in [-0.05, 0) is 38.2 Å². The highest BCUT2D eigenvalue weighted by Crippen LogP contribution is 2.58. The summed E-state index contributed by atoms with van der Waals surface area (Å²) in [4.78, 5) is 41.5. The number of likely N-dealkylation sites (tertiary alicyclic amines) is 2. The van der Waals surface area contributed by atoms with Gasteiger partial charge >= 0.3 is 0 Å². The van der Waals surface area contributed by atoms with E-state index in [1.54, 1.807) is 12.4 Å². The summed E-state index contributed by atoms with van der Waals surface area (Å²) in [6.07, 6.45) is 7.78. The second kappa shape index (κ2) is 7.48. The lowest BCUT2D eigenvalue weighted by molar-refractivity contribution is -0.146. The first-order chi connectivity index (χ1) is 14.5. The number of anilines is 1. The van der Waals surface area contributed by atoms with Gasteiger partial charge in [0.25, 0.3) is 0 Å². The molecule has 0 aliphatic carbocycles. The summed E-state index contributed by atoms with van der Waals surface area (Å²) in [6, 6.07) is 1.82. The molecule has 0 unspecified atom stereocenters. The standard InChI is InChI=1S/C22H31N5O3/c1-25-10-7-22(19(25)29)16-27(20-23-8-2-9-24-20)15-21(22)5-11-26(12-6-21)18(28)17-3-13-30-14-4-17/h2,8-9,17H,3-7,10-16H2,1H3/t22-/m1/s1. The molecule has 1 aromatic heterocycles. The van der Waals surface area contributed by atoms with Crippen LogP contribution in [0.25, 0.3) is 0 Å². The van der Waals surface area contributed by atoms with Gasteiger partial charge in [-0.15, -0.1) is 0 Å². The minimum absolute atomic E-state index is 0.0961. The molecule has 2 amide bonds. The Labute approximate surface area is 177 Å². The average Bonchev–Trinajstić information content (AvgIpc) is 3.28. The van der Waals surface area contributed by atoms with E-state index >= 15 is 0 Å². The third-order valence-corrected chi connectivity index (χ3v) is 8.04. The van der Waals surface area contributed by atoms with Crippen LogP contribution in [-0.4, -0.2) is 84.6 Å². The predicted octanol–water partition coefficient (Wildman–Crippen LogP) is 1.18. The van der Waals surface area contributed by atoms with Gasteiger partial charge in [0.2, 0.25) is 17.8 Å². The summed E-state index contributed by atoms with van der Waals surface area (Å²) < 4.78 is 5.42. The molecule has 0 N–H and O–H groups in total. The Morgan fingerprint density at radius 1 is 1.07 bits per heavy atom. The van der Waals surface area contributed by atoms with Crippen molar-refractivity contribution in [2.24, 2.45) is 16.7 Å². The SMILES string of the molecule is CN1CC[C@@]2(CN(c3ncccn3)CC23CCN(C(=O)C2CCOCC2)CC3)C1=O. The monoisotopic (exact) mass is 413 g/mol. The second-order valence-electron chi connectivity index (χ2n) is 9.46. The number of hydrogen-bond acceptors (Lipinski definition) is 6. The van der Waals surface area contributed by atoms with Crippen LogP contribution in [0.2, 0.25) is 0 Å². The maximum atomic E-state index is 13.4. The lowest BCUT2D eigenvalue weighted by Crippen LogP contribution is -2.54. The van der Waals surface area contributed by atoms with Crippen molar-refractivity contribution < 1.29 is 14.3 Å². The molecule has 5 rings (SSSR count). The Bertz CT molecular complexity index is 804. The largest absolute Gasteiger partial charge is 0.381 e. The predicted molar refractivity (Wildman–Crippen MR) is 111 cm³/mol. The Hall–Kier alpha value is -2.22. The van der Waals surface area contributed by atoms with Crippen LogP contribution in [0.4, 0.5) is 5.95 Å². The van der Waals surface area contributed by atoms with E-state index in [2.05, 4.69) is 14.9 Å². The fourth-order valence-corrected chi connectivity index (χ4v) is 6.23. The van der Waals surface area contributed by atoms with Gasteiger partial charge in [-0.3, -0.25) is 9.59 Å². The molecule has 0 saturated carbocycles. The Balaban J connectivity index is 1.37. The van der Waals surface area contributed by atoms with Gasteiger partial charge in [-0.25, -0.2) is 9.97 Å². The zero-order valence-corrected chi connectivity index (χ0v) is 17.8. The summed E-state index contributed by atoms with van der Waals surface area (Å²) in [5, 5.41) is 0.